The topological polar surface area (TPSA) is 67.2 Å². The Balaban J connectivity index is 1.15. The first kappa shape index (κ1) is 23.2. The van der Waals surface area contributed by atoms with Crippen LogP contribution in [0.3, 0.4) is 0 Å². The Morgan fingerprint density at radius 2 is 1.76 bits per heavy atom. The van der Waals surface area contributed by atoms with Crippen LogP contribution in [-0.4, -0.2) is 46.5 Å². The Morgan fingerprint density at radius 1 is 1.03 bits per heavy atom. The monoisotopic (exact) mass is 446 g/mol. The summed E-state index contributed by atoms with van der Waals surface area (Å²) in [6.07, 6.45) is 4.91. The van der Waals surface area contributed by atoms with Gasteiger partial charge in [-0.15, -0.1) is 0 Å². The van der Waals surface area contributed by atoms with E-state index in [-0.39, 0.29) is 17.9 Å². The molecule has 0 atom stereocenters. The van der Waals surface area contributed by atoms with Crippen molar-refractivity contribution in [2.24, 2.45) is 5.92 Å². The Morgan fingerprint density at radius 3 is 2.55 bits per heavy atom. The van der Waals surface area contributed by atoms with Gasteiger partial charge in [-0.2, -0.15) is 0 Å². The van der Waals surface area contributed by atoms with E-state index in [4.69, 9.17) is 0 Å². The molecule has 33 heavy (non-hydrogen) atoms. The largest absolute Gasteiger partial charge is 0.356 e. The van der Waals surface area contributed by atoms with Crippen molar-refractivity contribution in [1.29, 1.82) is 0 Å². The van der Waals surface area contributed by atoms with Crippen molar-refractivity contribution in [2.75, 3.05) is 26.2 Å². The van der Waals surface area contributed by atoms with Crippen molar-refractivity contribution in [3.05, 3.63) is 76.2 Å². The summed E-state index contributed by atoms with van der Waals surface area (Å²) in [5.41, 5.74) is 3.33. The van der Waals surface area contributed by atoms with Gasteiger partial charge in [-0.05, 0) is 75.9 Å². The average Bonchev–Trinajstić information content (AvgIpc) is 2.84. The first-order chi connectivity index (χ1) is 16.1. The van der Waals surface area contributed by atoms with Crippen LogP contribution in [0, 0.1) is 12.8 Å². The van der Waals surface area contributed by atoms with Gasteiger partial charge >= 0.3 is 0 Å². The maximum Gasteiger partial charge on any atom is 0.272 e. The number of amides is 1. The van der Waals surface area contributed by atoms with Gasteiger partial charge in [0.25, 0.3) is 5.56 Å². The van der Waals surface area contributed by atoms with Crippen LogP contribution in [0.4, 0.5) is 0 Å². The molecule has 2 heterocycles. The lowest BCUT2D eigenvalue weighted by molar-refractivity contribution is -0.121. The summed E-state index contributed by atoms with van der Waals surface area (Å²) in [4.78, 5) is 31.7. The first-order valence-electron chi connectivity index (χ1n) is 12.1. The molecular formula is C27H34N4O2. The van der Waals surface area contributed by atoms with E-state index in [2.05, 4.69) is 45.5 Å². The van der Waals surface area contributed by atoms with Crippen LogP contribution in [0.2, 0.25) is 0 Å². The fraction of sp³-hybridized carbons (Fsp3) is 0.444. The third-order valence-corrected chi connectivity index (χ3v) is 6.63. The number of nitrogens with zero attached hydrogens (tertiary/aromatic N) is 3. The van der Waals surface area contributed by atoms with E-state index in [1.54, 1.807) is 11.5 Å². The van der Waals surface area contributed by atoms with Gasteiger partial charge in [0.2, 0.25) is 5.91 Å². The molecule has 1 fully saturated rings. The Hall–Kier alpha value is -2.99. The standard InChI is InChI=1S/C27H34N4O2/c1-21-27(33)31(25-11-6-5-10-24(25)29-21)19-14-26(32)28-15-7-16-30-17-12-23(13-18-30)20-22-8-3-2-4-9-22/h2-6,8-11,23H,7,12-20H2,1H3,(H,28,32). The van der Waals surface area contributed by atoms with E-state index in [1.807, 2.05) is 24.3 Å². The second kappa shape index (κ2) is 11.2. The number of rotatable bonds is 9. The van der Waals surface area contributed by atoms with Gasteiger partial charge in [-0.25, -0.2) is 4.98 Å². The maximum atomic E-state index is 12.5. The van der Waals surface area contributed by atoms with Crippen LogP contribution < -0.4 is 10.9 Å². The number of aryl methyl sites for hydroxylation is 2. The Kier molecular flexibility index (Phi) is 7.89. The minimum absolute atomic E-state index is 0.0120. The second-order valence-corrected chi connectivity index (χ2v) is 9.07. The zero-order chi connectivity index (χ0) is 23.0. The summed E-state index contributed by atoms with van der Waals surface area (Å²) in [6.45, 7) is 6.06. The van der Waals surface area contributed by atoms with E-state index in [0.29, 0.717) is 18.8 Å². The van der Waals surface area contributed by atoms with Crippen molar-refractivity contribution < 1.29 is 4.79 Å². The molecule has 174 valence electrons. The van der Waals surface area contributed by atoms with Crippen LogP contribution in [0.15, 0.2) is 59.4 Å². The number of piperidine rings is 1. The van der Waals surface area contributed by atoms with Gasteiger partial charge in [0, 0.05) is 19.5 Å². The quantitative estimate of drug-likeness (QED) is 0.511. The van der Waals surface area contributed by atoms with E-state index in [1.165, 1.54) is 24.8 Å². The van der Waals surface area contributed by atoms with Crippen molar-refractivity contribution in [2.45, 2.75) is 45.6 Å². The number of aromatic nitrogens is 2. The summed E-state index contributed by atoms with van der Waals surface area (Å²) in [5.74, 6) is 0.765. The SMILES string of the molecule is Cc1nc2ccccc2n(CCC(=O)NCCCN2CCC(Cc3ccccc3)CC2)c1=O. The molecule has 0 bridgehead atoms. The fourth-order valence-corrected chi connectivity index (χ4v) is 4.74. The highest BCUT2D eigenvalue weighted by Crippen LogP contribution is 2.21. The highest BCUT2D eigenvalue weighted by molar-refractivity contribution is 5.77. The fourth-order valence-electron chi connectivity index (χ4n) is 4.74. The number of nitrogens with one attached hydrogen (secondary N) is 1. The van der Waals surface area contributed by atoms with Crippen LogP contribution in [0.5, 0.6) is 0 Å². The number of para-hydroxylation sites is 2. The molecule has 0 aliphatic carbocycles. The third-order valence-electron chi connectivity index (χ3n) is 6.63. The Labute approximate surface area is 195 Å². The van der Waals surface area contributed by atoms with E-state index < -0.39 is 0 Å². The molecule has 2 aromatic carbocycles. The van der Waals surface area contributed by atoms with Gasteiger partial charge in [-0.3, -0.25) is 9.59 Å². The van der Waals surface area contributed by atoms with Crippen LogP contribution in [0.1, 0.15) is 36.9 Å². The van der Waals surface area contributed by atoms with Crippen molar-refractivity contribution in [3.63, 3.8) is 0 Å². The molecule has 1 aromatic heterocycles. The molecule has 0 saturated carbocycles. The smallest absolute Gasteiger partial charge is 0.272 e. The summed E-state index contributed by atoms with van der Waals surface area (Å²) in [6, 6.07) is 18.3. The predicted octanol–water partition coefficient (Wildman–Crippen LogP) is 3.56. The van der Waals surface area contributed by atoms with Gasteiger partial charge < -0.3 is 14.8 Å². The molecule has 1 amide bonds. The number of benzene rings is 2. The van der Waals surface area contributed by atoms with Crippen LogP contribution >= 0.6 is 0 Å². The van der Waals surface area contributed by atoms with Crippen molar-refractivity contribution >= 4 is 16.9 Å². The highest BCUT2D eigenvalue weighted by atomic mass is 16.1. The summed E-state index contributed by atoms with van der Waals surface area (Å²) >= 11 is 0. The highest BCUT2D eigenvalue weighted by Gasteiger charge is 2.19. The number of fused-ring (bicyclic) bond motifs is 1. The lowest BCUT2D eigenvalue weighted by Gasteiger charge is -2.32. The van der Waals surface area contributed by atoms with Crippen LogP contribution in [0.25, 0.3) is 11.0 Å². The number of likely N-dealkylation sites (tertiary alicyclic amines) is 1. The van der Waals surface area contributed by atoms with E-state index in [9.17, 15) is 9.59 Å². The average molecular weight is 447 g/mol. The molecular weight excluding hydrogens is 412 g/mol. The van der Waals surface area contributed by atoms with Gasteiger partial charge in [-0.1, -0.05) is 42.5 Å². The van der Waals surface area contributed by atoms with Crippen LogP contribution in [-0.2, 0) is 17.8 Å². The van der Waals surface area contributed by atoms with Crippen molar-refractivity contribution in [3.8, 4) is 0 Å². The molecule has 0 spiro atoms. The molecule has 6 nitrogen and oxygen atoms in total. The molecule has 6 heteroatoms. The van der Waals surface area contributed by atoms with Gasteiger partial charge in [0.15, 0.2) is 0 Å². The minimum atomic E-state index is -0.128. The molecule has 4 rings (SSSR count). The number of carbonyl (C=O) groups is 1. The molecule has 1 aliphatic heterocycles. The van der Waals surface area contributed by atoms with E-state index >= 15 is 0 Å². The lowest BCUT2D eigenvalue weighted by Crippen LogP contribution is -2.36. The minimum Gasteiger partial charge on any atom is -0.356 e. The molecule has 1 saturated heterocycles. The number of carbonyl (C=O) groups excluding carboxylic acids is 1. The maximum absolute atomic E-state index is 12.5. The van der Waals surface area contributed by atoms with E-state index in [0.717, 1.165) is 43.0 Å². The van der Waals surface area contributed by atoms with Gasteiger partial charge in [0.1, 0.15) is 5.69 Å². The molecule has 0 radical (unpaired) electrons. The summed E-state index contributed by atoms with van der Waals surface area (Å²) < 4.78 is 1.66. The predicted molar refractivity (Wildman–Crippen MR) is 132 cm³/mol. The summed E-state index contributed by atoms with van der Waals surface area (Å²) in [7, 11) is 0. The zero-order valence-electron chi connectivity index (χ0n) is 19.5. The molecule has 1 N–H and O–H groups in total. The molecule has 1 aliphatic rings. The Bertz CT molecular complexity index is 1120. The molecule has 0 unspecified atom stereocenters. The normalized spacial score (nSPS) is 15.1. The van der Waals surface area contributed by atoms with Gasteiger partial charge in [0.05, 0.1) is 11.0 Å². The van der Waals surface area contributed by atoms with Crippen molar-refractivity contribution in [1.82, 2.24) is 19.8 Å². The lowest BCUT2D eigenvalue weighted by atomic mass is 9.90. The molecule has 3 aromatic rings. The first-order valence-corrected chi connectivity index (χ1v) is 12.1. The third kappa shape index (κ3) is 6.29. The summed E-state index contributed by atoms with van der Waals surface area (Å²) in [5, 5.41) is 3.02. The second-order valence-electron chi connectivity index (χ2n) is 9.07. The number of hydrogen-bond donors (Lipinski definition) is 1. The number of hydrogen-bond acceptors (Lipinski definition) is 4. The zero-order valence-corrected chi connectivity index (χ0v) is 19.5.